The van der Waals surface area contributed by atoms with Gasteiger partial charge in [-0.25, -0.2) is 4.79 Å². The van der Waals surface area contributed by atoms with E-state index in [0.29, 0.717) is 43.6 Å². The van der Waals surface area contributed by atoms with E-state index >= 15 is 0 Å². The lowest BCUT2D eigenvalue weighted by Crippen LogP contribution is -2.61. The molecule has 0 bridgehead atoms. The molecule has 1 saturated carbocycles. The van der Waals surface area contributed by atoms with E-state index in [1.807, 2.05) is 65.0 Å². The van der Waals surface area contributed by atoms with Gasteiger partial charge in [0.15, 0.2) is 0 Å². The van der Waals surface area contributed by atoms with Crippen LogP contribution < -0.4 is 21.3 Å². The van der Waals surface area contributed by atoms with Crippen LogP contribution in [-0.2, 0) is 25.7 Å². The van der Waals surface area contributed by atoms with Gasteiger partial charge in [0, 0.05) is 31.7 Å². The first-order valence-corrected chi connectivity index (χ1v) is 19.2. The van der Waals surface area contributed by atoms with Crippen LogP contribution in [0.1, 0.15) is 116 Å². The van der Waals surface area contributed by atoms with Crippen molar-refractivity contribution in [2.45, 2.75) is 131 Å². The predicted molar refractivity (Wildman–Crippen MR) is 200 cm³/mol. The molecule has 1 aromatic rings. The fourth-order valence-electron chi connectivity index (χ4n) is 7.66. The van der Waals surface area contributed by atoms with Gasteiger partial charge in [0.1, 0.15) is 18.1 Å². The number of Topliss-reactive ketones (excluding diaryl/α,β-unsaturated/α-hetero) is 1. The molecule has 4 N–H and O–H groups in total. The molecule has 3 aliphatic rings. The van der Waals surface area contributed by atoms with Crippen LogP contribution in [0.3, 0.4) is 0 Å². The first kappa shape index (κ1) is 40.5. The number of rotatable bonds is 14. The van der Waals surface area contributed by atoms with E-state index in [9.17, 15) is 28.8 Å². The molecule has 1 saturated heterocycles. The van der Waals surface area contributed by atoms with Crippen molar-refractivity contribution in [1.82, 2.24) is 31.1 Å². The summed E-state index contributed by atoms with van der Waals surface area (Å²) < 4.78 is 0. The number of unbranched alkanes of at least 4 members (excludes halogenated alkanes) is 1. The maximum atomic E-state index is 14.6. The van der Waals surface area contributed by atoms with Gasteiger partial charge < -0.3 is 31.1 Å². The Morgan fingerprint density at radius 1 is 0.962 bits per heavy atom. The highest BCUT2D eigenvalue weighted by Crippen LogP contribution is 2.32. The van der Waals surface area contributed by atoms with Crippen molar-refractivity contribution < 1.29 is 28.8 Å². The number of urea groups is 1. The summed E-state index contributed by atoms with van der Waals surface area (Å²) in [6.45, 7) is 14.7. The minimum atomic E-state index is -1.15. The van der Waals surface area contributed by atoms with Crippen molar-refractivity contribution >= 4 is 35.4 Å². The SMILES string of the molecule is CCC/C=C(\C)C(NC(=O)[C@@H]1[C@@H](C)CCN1C(=O)[C@@H](NC(=O)N[C@H](CN1Cc2ccccc2C1=O)C(C)(C)C)C1CCCCC1)C(=O)C(=O)NCC. The van der Waals surface area contributed by atoms with Crippen LogP contribution >= 0.6 is 0 Å². The molecule has 2 fully saturated rings. The van der Waals surface area contributed by atoms with Crippen LogP contribution in [0.2, 0.25) is 0 Å². The van der Waals surface area contributed by atoms with Crippen LogP contribution in [0.5, 0.6) is 0 Å². The summed E-state index contributed by atoms with van der Waals surface area (Å²) in [7, 11) is 0. The van der Waals surface area contributed by atoms with Gasteiger partial charge in [0.2, 0.25) is 17.6 Å². The van der Waals surface area contributed by atoms with Crippen molar-refractivity contribution in [1.29, 1.82) is 0 Å². The van der Waals surface area contributed by atoms with E-state index in [4.69, 9.17) is 0 Å². The largest absolute Gasteiger partial charge is 0.350 e. The number of fused-ring (bicyclic) bond motifs is 1. The topological polar surface area (TPSA) is 157 Å². The van der Waals surface area contributed by atoms with Crippen LogP contribution in [0, 0.1) is 17.3 Å². The van der Waals surface area contributed by atoms with Gasteiger partial charge in [0.25, 0.3) is 11.8 Å². The minimum absolute atomic E-state index is 0.0687. The van der Waals surface area contributed by atoms with Crippen LogP contribution in [0.25, 0.3) is 0 Å². The van der Waals surface area contributed by atoms with Crippen LogP contribution in [-0.4, -0.2) is 89.0 Å². The Kier molecular flexibility index (Phi) is 14.0. The van der Waals surface area contributed by atoms with E-state index in [0.717, 1.165) is 44.1 Å². The number of likely N-dealkylation sites (N-methyl/N-ethyl adjacent to an activating group) is 1. The van der Waals surface area contributed by atoms with E-state index in [1.165, 1.54) is 0 Å². The molecule has 4 rings (SSSR count). The molecule has 12 heteroatoms. The zero-order valence-electron chi connectivity index (χ0n) is 32.2. The van der Waals surface area contributed by atoms with Gasteiger partial charge >= 0.3 is 6.03 Å². The normalized spacial score (nSPS) is 21.2. The van der Waals surface area contributed by atoms with Crippen LogP contribution in [0.4, 0.5) is 4.79 Å². The molecule has 2 heterocycles. The second-order valence-electron chi connectivity index (χ2n) is 15.9. The van der Waals surface area contributed by atoms with Crippen molar-refractivity contribution in [2.75, 3.05) is 19.6 Å². The summed E-state index contributed by atoms with van der Waals surface area (Å²) in [5, 5.41) is 11.5. The number of carbonyl (C=O) groups excluding carboxylic acids is 6. The Bertz CT molecular complexity index is 1510. The zero-order chi connectivity index (χ0) is 38.2. The second-order valence-corrected chi connectivity index (χ2v) is 15.9. The maximum absolute atomic E-state index is 14.6. The Balaban J connectivity index is 1.53. The Morgan fingerprint density at radius 3 is 2.29 bits per heavy atom. The number of likely N-dealkylation sites (tertiary alicyclic amines) is 1. The number of hydrogen-bond acceptors (Lipinski definition) is 6. The highest BCUT2D eigenvalue weighted by molar-refractivity contribution is 6.39. The number of nitrogens with one attached hydrogen (secondary N) is 4. The first-order chi connectivity index (χ1) is 24.7. The molecule has 2 aliphatic heterocycles. The monoisotopic (exact) mass is 720 g/mol. The van der Waals surface area contributed by atoms with Gasteiger partial charge in [-0.3, -0.25) is 24.0 Å². The zero-order valence-corrected chi connectivity index (χ0v) is 32.2. The highest BCUT2D eigenvalue weighted by Gasteiger charge is 2.45. The van der Waals surface area contributed by atoms with Gasteiger partial charge in [-0.15, -0.1) is 0 Å². The average molecular weight is 721 g/mol. The first-order valence-electron chi connectivity index (χ1n) is 19.2. The summed E-state index contributed by atoms with van der Waals surface area (Å²) in [6, 6.07) is 3.72. The maximum Gasteiger partial charge on any atom is 0.315 e. The molecule has 1 aliphatic carbocycles. The Labute approximate surface area is 309 Å². The Hall–Kier alpha value is -4.22. The van der Waals surface area contributed by atoms with Crippen molar-refractivity contribution in [3.8, 4) is 0 Å². The highest BCUT2D eigenvalue weighted by atomic mass is 16.2. The average Bonchev–Trinajstić information content (AvgIpc) is 3.66. The van der Waals surface area contributed by atoms with Gasteiger partial charge in [-0.05, 0) is 74.0 Å². The number of nitrogens with zero attached hydrogens (tertiary/aromatic N) is 2. The predicted octanol–water partition coefficient (Wildman–Crippen LogP) is 4.48. The number of hydrogen-bond donors (Lipinski definition) is 4. The van der Waals surface area contributed by atoms with Crippen molar-refractivity contribution in [3.63, 3.8) is 0 Å². The van der Waals surface area contributed by atoms with E-state index in [1.54, 1.807) is 23.6 Å². The van der Waals surface area contributed by atoms with Crippen LogP contribution in [0.15, 0.2) is 35.9 Å². The summed E-state index contributed by atoms with van der Waals surface area (Å²) in [5.74, 6) is -2.74. The third kappa shape index (κ3) is 9.80. The third-order valence-corrected chi connectivity index (χ3v) is 10.9. The van der Waals surface area contributed by atoms with Gasteiger partial charge in [-0.2, -0.15) is 0 Å². The molecule has 1 unspecified atom stereocenters. The summed E-state index contributed by atoms with van der Waals surface area (Å²) in [6.07, 6.45) is 8.41. The summed E-state index contributed by atoms with van der Waals surface area (Å²) >= 11 is 0. The van der Waals surface area contributed by atoms with E-state index in [-0.39, 0.29) is 30.2 Å². The van der Waals surface area contributed by atoms with Crippen molar-refractivity contribution in [2.24, 2.45) is 17.3 Å². The molecule has 286 valence electrons. The van der Waals surface area contributed by atoms with E-state index in [2.05, 4.69) is 21.3 Å². The molecule has 0 spiro atoms. The summed E-state index contributed by atoms with van der Waals surface area (Å²) in [4.78, 5) is 84.8. The fourth-order valence-corrected chi connectivity index (χ4v) is 7.66. The fraction of sp³-hybridized carbons (Fsp3) is 0.650. The number of allylic oxidation sites excluding steroid dienone is 1. The molecular formula is C40H60N6O6. The standard InChI is InChI=1S/C40H60N6O6/c1-8-10-16-25(3)31(34(47)36(49)41-9-2)43-35(48)33-26(4)21-22-46(33)38(51)32(27-17-12-11-13-18-27)44-39(52)42-30(40(5,6)7)24-45-23-28-19-14-15-20-29(28)37(45)50/h14-16,19-20,26-27,30-33H,8-13,17-18,21-24H2,1-7H3,(H,41,49)(H,43,48)(H2,42,44,52)/b25-16+/t26-,30+,31?,32-,33-/m0/s1. The van der Waals surface area contributed by atoms with Gasteiger partial charge in [0.05, 0.1) is 6.04 Å². The van der Waals surface area contributed by atoms with E-state index < -0.39 is 53.2 Å². The number of amides is 6. The Morgan fingerprint density at radius 2 is 1.65 bits per heavy atom. The molecule has 0 radical (unpaired) electrons. The molecule has 1 aromatic carbocycles. The summed E-state index contributed by atoms with van der Waals surface area (Å²) in [5.41, 5.74) is 1.79. The smallest absolute Gasteiger partial charge is 0.315 e. The molecular weight excluding hydrogens is 660 g/mol. The molecule has 6 amide bonds. The lowest BCUT2D eigenvalue weighted by atomic mass is 9.83. The number of carbonyl (C=O) groups is 6. The minimum Gasteiger partial charge on any atom is -0.350 e. The molecule has 12 nitrogen and oxygen atoms in total. The lowest BCUT2D eigenvalue weighted by molar-refractivity contribution is -0.143. The molecule has 5 atom stereocenters. The van der Waals surface area contributed by atoms with Crippen molar-refractivity contribution in [3.05, 3.63) is 47.0 Å². The second kappa shape index (κ2) is 18.0. The molecule has 0 aromatic heterocycles. The third-order valence-electron chi connectivity index (χ3n) is 10.9. The van der Waals surface area contributed by atoms with Gasteiger partial charge in [-0.1, -0.05) is 84.6 Å². The number of benzene rings is 1. The lowest BCUT2D eigenvalue weighted by Gasteiger charge is -2.37. The number of ketones is 1. The quantitative estimate of drug-likeness (QED) is 0.164. The molecule has 52 heavy (non-hydrogen) atoms.